The zero-order valence-corrected chi connectivity index (χ0v) is 14.1. The van der Waals surface area contributed by atoms with Crippen LogP contribution < -0.4 is 0 Å². The largest absolute Gasteiger partial charge is 0.303 e. The molecule has 1 aliphatic rings. The van der Waals surface area contributed by atoms with E-state index in [2.05, 4.69) is 43.0 Å². The maximum atomic E-state index is 2.65. The van der Waals surface area contributed by atoms with Gasteiger partial charge in [0.1, 0.15) is 0 Å². The first kappa shape index (κ1) is 16.5. The van der Waals surface area contributed by atoms with Crippen LogP contribution in [0.4, 0.5) is 0 Å². The van der Waals surface area contributed by atoms with Crippen LogP contribution in [-0.4, -0.2) is 24.5 Å². The second-order valence-corrected chi connectivity index (χ2v) is 6.63. The van der Waals surface area contributed by atoms with Gasteiger partial charge in [-0.2, -0.15) is 0 Å². The quantitative estimate of drug-likeness (QED) is 0.550. The van der Waals surface area contributed by atoms with Gasteiger partial charge in [-0.1, -0.05) is 44.5 Å². The number of hydrogen-bond acceptors (Lipinski definition) is 1. The average Bonchev–Trinajstić information content (AvgIpc) is 2.52. The number of rotatable bonds is 9. The molecule has 0 N–H and O–H groups in total. The Morgan fingerprint density at radius 3 is 2.52 bits per heavy atom. The molecule has 0 amide bonds. The van der Waals surface area contributed by atoms with Crippen LogP contribution >= 0.6 is 0 Å². The summed E-state index contributed by atoms with van der Waals surface area (Å²) in [6.07, 6.45) is 10.8. The maximum Gasteiger partial charge on any atom is -0.00187 e. The van der Waals surface area contributed by atoms with E-state index in [0.717, 1.165) is 5.92 Å². The predicted octanol–water partition coefficient (Wildman–Crippen LogP) is 5.40. The van der Waals surface area contributed by atoms with Crippen molar-refractivity contribution in [2.24, 2.45) is 0 Å². The molecule has 0 aliphatic heterocycles. The minimum atomic E-state index is 0.834. The summed E-state index contributed by atoms with van der Waals surface area (Å²) in [5.74, 6) is 0.834. The summed E-state index contributed by atoms with van der Waals surface area (Å²) in [5, 5.41) is 0. The van der Waals surface area contributed by atoms with E-state index in [1.807, 2.05) is 0 Å². The van der Waals surface area contributed by atoms with Gasteiger partial charge in [-0.25, -0.2) is 0 Å². The molecule has 0 aromatic heterocycles. The van der Waals surface area contributed by atoms with Crippen molar-refractivity contribution in [2.75, 3.05) is 19.6 Å². The van der Waals surface area contributed by atoms with Gasteiger partial charge >= 0.3 is 0 Å². The Hall–Kier alpha value is -0.820. The van der Waals surface area contributed by atoms with Crippen molar-refractivity contribution in [1.29, 1.82) is 0 Å². The van der Waals surface area contributed by atoms with Crippen molar-refractivity contribution >= 4 is 0 Å². The lowest BCUT2D eigenvalue weighted by Gasteiger charge is -2.26. The van der Waals surface area contributed by atoms with E-state index in [9.17, 15) is 0 Å². The summed E-state index contributed by atoms with van der Waals surface area (Å²) in [4.78, 5) is 2.65. The molecule has 1 aromatic rings. The van der Waals surface area contributed by atoms with Crippen LogP contribution in [0, 0.1) is 0 Å². The number of fused-ring (bicyclic) bond motifs is 1. The molecule has 0 bridgehead atoms. The van der Waals surface area contributed by atoms with E-state index in [-0.39, 0.29) is 0 Å². The smallest absolute Gasteiger partial charge is 0.00187 e. The van der Waals surface area contributed by atoms with Crippen LogP contribution in [0.25, 0.3) is 0 Å². The highest BCUT2D eigenvalue weighted by molar-refractivity contribution is 5.32. The number of nitrogens with zero attached hydrogens (tertiary/aromatic N) is 1. The predicted molar refractivity (Wildman–Crippen MR) is 93.0 cm³/mol. The zero-order chi connectivity index (χ0) is 14.9. The molecule has 21 heavy (non-hydrogen) atoms. The van der Waals surface area contributed by atoms with Gasteiger partial charge in [0.15, 0.2) is 0 Å². The normalized spacial score (nSPS) is 18.0. The standard InChI is InChI=1S/C20H33N/c1-3-15-21(16-4-2)17-8-7-11-19-13-9-12-18-10-5-6-14-20(18)19/h5-6,10,14,19H,3-4,7-9,11-13,15-17H2,1-2H3. The van der Waals surface area contributed by atoms with Gasteiger partial charge in [0.05, 0.1) is 0 Å². The molecule has 0 saturated carbocycles. The van der Waals surface area contributed by atoms with Crippen molar-refractivity contribution < 1.29 is 0 Å². The molecule has 2 rings (SSSR count). The minimum Gasteiger partial charge on any atom is -0.303 e. The third-order valence-electron chi connectivity index (χ3n) is 4.85. The van der Waals surface area contributed by atoms with Crippen molar-refractivity contribution in [3.63, 3.8) is 0 Å². The van der Waals surface area contributed by atoms with Crippen molar-refractivity contribution in [1.82, 2.24) is 4.90 Å². The third-order valence-corrected chi connectivity index (χ3v) is 4.85. The zero-order valence-electron chi connectivity index (χ0n) is 14.1. The van der Waals surface area contributed by atoms with Gasteiger partial charge in [0, 0.05) is 0 Å². The van der Waals surface area contributed by atoms with E-state index in [0.29, 0.717) is 0 Å². The number of hydrogen-bond donors (Lipinski definition) is 0. The SMILES string of the molecule is CCCN(CCC)CCCCC1CCCc2ccccc21. The number of unbranched alkanes of at least 4 members (excludes halogenated alkanes) is 1. The lowest BCUT2D eigenvalue weighted by atomic mass is 9.80. The Balaban J connectivity index is 1.74. The van der Waals surface area contributed by atoms with Crippen LogP contribution in [0.5, 0.6) is 0 Å². The summed E-state index contributed by atoms with van der Waals surface area (Å²) in [6.45, 7) is 8.44. The van der Waals surface area contributed by atoms with Gasteiger partial charge in [0.25, 0.3) is 0 Å². The second kappa shape index (κ2) is 9.25. The molecule has 1 unspecified atom stereocenters. The van der Waals surface area contributed by atoms with Crippen molar-refractivity contribution in [3.05, 3.63) is 35.4 Å². The second-order valence-electron chi connectivity index (χ2n) is 6.63. The summed E-state index contributed by atoms with van der Waals surface area (Å²) in [5.41, 5.74) is 3.27. The monoisotopic (exact) mass is 287 g/mol. The highest BCUT2D eigenvalue weighted by Crippen LogP contribution is 2.34. The molecular formula is C20H33N. The first-order chi connectivity index (χ1) is 10.3. The summed E-state index contributed by atoms with van der Waals surface area (Å²) in [7, 11) is 0. The molecular weight excluding hydrogens is 254 g/mol. The average molecular weight is 287 g/mol. The first-order valence-corrected chi connectivity index (χ1v) is 9.15. The lowest BCUT2D eigenvalue weighted by molar-refractivity contribution is 0.266. The molecule has 0 heterocycles. The number of benzene rings is 1. The lowest BCUT2D eigenvalue weighted by Crippen LogP contribution is -2.26. The molecule has 1 nitrogen and oxygen atoms in total. The maximum absolute atomic E-state index is 2.65. The molecule has 1 aromatic carbocycles. The Morgan fingerprint density at radius 1 is 1.00 bits per heavy atom. The summed E-state index contributed by atoms with van der Waals surface area (Å²) >= 11 is 0. The Labute approximate surface area is 131 Å². The fourth-order valence-corrected chi connectivity index (χ4v) is 3.85. The van der Waals surface area contributed by atoms with E-state index in [4.69, 9.17) is 0 Å². The van der Waals surface area contributed by atoms with Crippen LogP contribution in [-0.2, 0) is 6.42 Å². The fraction of sp³-hybridized carbons (Fsp3) is 0.700. The van der Waals surface area contributed by atoms with Crippen molar-refractivity contribution in [3.8, 4) is 0 Å². The molecule has 118 valence electrons. The van der Waals surface area contributed by atoms with Crippen LogP contribution in [0.15, 0.2) is 24.3 Å². The summed E-state index contributed by atoms with van der Waals surface area (Å²) in [6, 6.07) is 9.14. The van der Waals surface area contributed by atoms with Crippen LogP contribution in [0.3, 0.4) is 0 Å². The Kier molecular flexibility index (Phi) is 7.29. The molecule has 0 spiro atoms. The van der Waals surface area contributed by atoms with E-state index < -0.39 is 0 Å². The van der Waals surface area contributed by atoms with Crippen LogP contribution in [0.2, 0.25) is 0 Å². The molecule has 0 saturated heterocycles. The third kappa shape index (κ3) is 5.14. The molecule has 0 radical (unpaired) electrons. The Morgan fingerprint density at radius 2 is 1.76 bits per heavy atom. The highest BCUT2D eigenvalue weighted by Gasteiger charge is 2.19. The number of aryl methyl sites for hydroxylation is 1. The van der Waals surface area contributed by atoms with Gasteiger partial charge in [0.2, 0.25) is 0 Å². The molecule has 1 atom stereocenters. The van der Waals surface area contributed by atoms with E-state index in [1.54, 1.807) is 11.1 Å². The highest BCUT2D eigenvalue weighted by atomic mass is 15.1. The van der Waals surface area contributed by atoms with Gasteiger partial charge in [-0.15, -0.1) is 0 Å². The van der Waals surface area contributed by atoms with Gasteiger partial charge in [-0.3, -0.25) is 0 Å². The fourth-order valence-electron chi connectivity index (χ4n) is 3.85. The topological polar surface area (TPSA) is 3.24 Å². The van der Waals surface area contributed by atoms with Crippen molar-refractivity contribution in [2.45, 2.75) is 71.1 Å². The molecule has 0 fully saturated rings. The van der Waals surface area contributed by atoms with Gasteiger partial charge < -0.3 is 4.90 Å². The van der Waals surface area contributed by atoms with Gasteiger partial charge in [-0.05, 0) is 81.6 Å². The molecule has 1 heteroatoms. The summed E-state index contributed by atoms with van der Waals surface area (Å²) < 4.78 is 0. The minimum absolute atomic E-state index is 0.834. The first-order valence-electron chi connectivity index (χ1n) is 9.15. The van der Waals surface area contributed by atoms with Crippen LogP contribution in [0.1, 0.15) is 75.8 Å². The van der Waals surface area contributed by atoms with E-state index >= 15 is 0 Å². The van der Waals surface area contributed by atoms with E-state index in [1.165, 1.54) is 71.0 Å². The molecule has 1 aliphatic carbocycles. The Bertz CT molecular complexity index is 393.